The fraction of sp³-hybridized carbons (Fsp3) is 0.565. The van der Waals surface area contributed by atoms with Gasteiger partial charge >= 0.3 is 6.03 Å². The zero-order chi connectivity index (χ0) is 24.0. The summed E-state index contributed by atoms with van der Waals surface area (Å²) in [7, 11) is 1.72. The van der Waals surface area contributed by atoms with Crippen LogP contribution in [0, 0.1) is 16.6 Å². The van der Waals surface area contributed by atoms with Crippen molar-refractivity contribution in [1.82, 2.24) is 25.1 Å². The predicted molar refractivity (Wildman–Crippen MR) is 126 cm³/mol. The second-order valence-electron chi connectivity index (χ2n) is 8.80. The molecule has 1 aromatic carbocycles. The fourth-order valence-corrected chi connectivity index (χ4v) is 4.70. The summed E-state index contributed by atoms with van der Waals surface area (Å²) in [5, 5.41) is 17.1. The number of nitrogens with zero attached hydrogens (tertiary/aromatic N) is 5. The van der Waals surface area contributed by atoms with E-state index in [1.54, 1.807) is 26.9 Å². The number of carbonyl (C=O) groups is 3. The van der Waals surface area contributed by atoms with E-state index in [9.17, 15) is 14.4 Å². The molecule has 3 rings (SSSR count). The summed E-state index contributed by atoms with van der Waals surface area (Å²) in [5.41, 5.74) is 0.974. The van der Waals surface area contributed by atoms with Crippen molar-refractivity contribution in [2.45, 2.75) is 45.4 Å². The number of thiocyanates is 1. The molecule has 2 heterocycles. The standard InChI is InChI=1S/C23H32N6O3S/c1-17(2)9-11-27-14-20-28(19(22(27)31)10-12-33-16-24)21(30)15-26(3)29(20)23(32)25-13-18-7-5-4-6-8-18/h4-8,17,19-20H,9-15H2,1-3H3,(H,25,32)/t19-,20?/m0/s1. The summed E-state index contributed by atoms with van der Waals surface area (Å²) in [6.07, 6.45) is 0.622. The Morgan fingerprint density at radius 1 is 1.27 bits per heavy atom. The van der Waals surface area contributed by atoms with Crippen LogP contribution in [-0.4, -0.2) is 82.3 Å². The third-order valence-corrected chi connectivity index (χ3v) is 6.54. The van der Waals surface area contributed by atoms with Crippen LogP contribution in [0.2, 0.25) is 0 Å². The number of nitrogens with one attached hydrogen (secondary N) is 1. The second-order valence-corrected chi connectivity index (χ2v) is 9.68. The van der Waals surface area contributed by atoms with Crippen molar-refractivity contribution in [3.63, 3.8) is 0 Å². The maximum Gasteiger partial charge on any atom is 0.334 e. The van der Waals surface area contributed by atoms with E-state index in [-0.39, 0.29) is 30.9 Å². The Bertz CT molecular complexity index is 890. The zero-order valence-corrected chi connectivity index (χ0v) is 20.3. The lowest BCUT2D eigenvalue weighted by atomic mass is 10.0. The summed E-state index contributed by atoms with van der Waals surface area (Å²) in [6, 6.07) is 8.63. The molecule has 2 fully saturated rings. The van der Waals surface area contributed by atoms with Gasteiger partial charge in [-0.2, -0.15) is 5.26 Å². The molecule has 0 radical (unpaired) electrons. The molecule has 4 amide bonds. The predicted octanol–water partition coefficient (Wildman–Crippen LogP) is 2.07. The highest BCUT2D eigenvalue weighted by Crippen LogP contribution is 2.28. The highest BCUT2D eigenvalue weighted by Gasteiger charge is 2.50. The van der Waals surface area contributed by atoms with Crippen LogP contribution in [0.4, 0.5) is 4.79 Å². The molecule has 1 aromatic rings. The van der Waals surface area contributed by atoms with Gasteiger partial charge in [-0.05, 0) is 36.1 Å². The number of rotatable bonds is 8. The summed E-state index contributed by atoms with van der Waals surface area (Å²) in [5.74, 6) is 0.577. The van der Waals surface area contributed by atoms with Gasteiger partial charge < -0.3 is 15.1 Å². The highest BCUT2D eigenvalue weighted by atomic mass is 32.2. The van der Waals surface area contributed by atoms with Crippen molar-refractivity contribution < 1.29 is 14.4 Å². The van der Waals surface area contributed by atoms with Gasteiger partial charge in [0.2, 0.25) is 11.8 Å². The van der Waals surface area contributed by atoms with E-state index in [1.807, 2.05) is 35.7 Å². The van der Waals surface area contributed by atoms with Crippen LogP contribution in [0.1, 0.15) is 32.3 Å². The summed E-state index contributed by atoms with van der Waals surface area (Å²) < 4.78 is 0. The van der Waals surface area contributed by atoms with E-state index in [0.29, 0.717) is 31.2 Å². The third-order valence-electron chi connectivity index (χ3n) is 5.97. The number of hydrogen-bond donors (Lipinski definition) is 1. The van der Waals surface area contributed by atoms with Gasteiger partial charge in [0.25, 0.3) is 0 Å². The van der Waals surface area contributed by atoms with Gasteiger partial charge in [0.15, 0.2) is 0 Å². The summed E-state index contributed by atoms with van der Waals surface area (Å²) in [4.78, 5) is 42.9. The Morgan fingerprint density at radius 3 is 2.67 bits per heavy atom. The van der Waals surface area contributed by atoms with Crippen LogP contribution in [0.5, 0.6) is 0 Å². The Hall–Kier alpha value is -2.77. The smallest absolute Gasteiger partial charge is 0.334 e. The minimum absolute atomic E-state index is 0.0103. The first kappa shape index (κ1) is 24.9. The first-order valence-corrected chi connectivity index (χ1v) is 12.2. The molecule has 1 N–H and O–H groups in total. The van der Waals surface area contributed by atoms with Gasteiger partial charge in [0.1, 0.15) is 17.6 Å². The number of piperazine rings is 1. The largest absolute Gasteiger partial charge is 0.337 e. The van der Waals surface area contributed by atoms with Gasteiger partial charge in [-0.3, -0.25) is 9.59 Å². The molecule has 178 valence electrons. The molecule has 9 nitrogen and oxygen atoms in total. The lowest BCUT2D eigenvalue weighted by Crippen LogP contribution is -2.76. The molecule has 2 aliphatic rings. The Kier molecular flexibility index (Phi) is 8.58. The van der Waals surface area contributed by atoms with Crippen molar-refractivity contribution in [3.05, 3.63) is 35.9 Å². The second kappa shape index (κ2) is 11.4. The summed E-state index contributed by atoms with van der Waals surface area (Å²) >= 11 is 1.07. The molecular weight excluding hydrogens is 440 g/mol. The molecule has 2 saturated heterocycles. The average molecular weight is 473 g/mol. The summed E-state index contributed by atoms with van der Waals surface area (Å²) in [6.45, 7) is 5.41. The number of hydrazine groups is 1. The van der Waals surface area contributed by atoms with E-state index in [2.05, 4.69) is 19.2 Å². The minimum Gasteiger partial charge on any atom is -0.337 e. The molecule has 33 heavy (non-hydrogen) atoms. The van der Waals surface area contributed by atoms with Crippen LogP contribution in [0.3, 0.4) is 0 Å². The van der Waals surface area contributed by atoms with Crippen LogP contribution < -0.4 is 5.32 Å². The van der Waals surface area contributed by atoms with Gasteiger partial charge in [-0.1, -0.05) is 44.2 Å². The van der Waals surface area contributed by atoms with Crippen molar-refractivity contribution in [2.24, 2.45) is 5.92 Å². The number of urea groups is 1. The van der Waals surface area contributed by atoms with Crippen molar-refractivity contribution in [2.75, 3.05) is 32.4 Å². The number of nitriles is 1. The number of amides is 4. The normalized spacial score (nSPS) is 21.2. The molecule has 0 aromatic heterocycles. The third kappa shape index (κ3) is 5.97. The molecule has 10 heteroatoms. The minimum atomic E-state index is -0.678. The highest BCUT2D eigenvalue weighted by molar-refractivity contribution is 8.03. The number of carbonyl (C=O) groups excluding carboxylic acids is 3. The first-order valence-electron chi connectivity index (χ1n) is 11.3. The monoisotopic (exact) mass is 472 g/mol. The van der Waals surface area contributed by atoms with Crippen LogP contribution in [0.15, 0.2) is 30.3 Å². The van der Waals surface area contributed by atoms with Crippen LogP contribution >= 0.6 is 11.8 Å². The van der Waals surface area contributed by atoms with E-state index in [1.165, 1.54) is 0 Å². The number of fused-ring (bicyclic) bond motifs is 1. The Balaban J connectivity index is 1.83. The molecule has 0 saturated carbocycles. The quantitative estimate of drug-likeness (QED) is 0.459. The van der Waals surface area contributed by atoms with E-state index >= 15 is 0 Å². The lowest BCUT2D eigenvalue weighted by Gasteiger charge is -2.54. The maximum absolute atomic E-state index is 13.3. The van der Waals surface area contributed by atoms with Crippen LogP contribution in [0.25, 0.3) is 0 Å². The Labute approximate surface area is 199 Å². The van der Waals surface area contributed by atoms with E-state index in [0.717, 1.165) is 23.7 Å². The molecule has 0 spiro atoms. The first-order chi connectivity index (χ1) is 15.8. The number of hydrogen-bond acceptors (Lipinski definition) is 6. The van der Waals surface area contributed by atoms with Gasteiger partial charge in [0, 0.05) is 25.9 Å². The number of thioether (sulfide) groups is 1. The maximum atomic E-state index is 13.3. The molecule has 2 aliphatic heterocycles. The van der Waals surface area contributed by atoms with Crippen LogP contribution in [-0.2, 0) is 16.1 Å². The van der Waals surface area contributed by atoms with Gasteiger partial charge in [0.05, 0.1) is 13.1 Å². The molecule has 1 unspecified atom stereocenters. The lowest BCUT2D eigenvalue weighted by molar-refractivity contribution is -0.187. The number of benzene rings is 1. The topological polar surface area (TPSA) is 100.0 Å². The SMILES string of the molecule is CC(C)CCN1CC2N(C(=O)CN(C)N2C(=O)NCc2ccccc2)[C@@H](CCSC#N)C1=O. The number of likely N-dealkylation sites (N-methyl/N-ethyl adjacent to an activating group) is 1. The van der Waals surface area contributed by atoms with Crippen molar-refractivity contribution in [3.8, 4) is 5.40 Å². The fourth-order valence-electron chi connectivity index (χ4n) is 4.27. The van der Waals surface area contributed by atoms with E-state index in [4.69, 9.17) is 5.26 Å². The molecule has 0 aliphatic carbocycles. The average Bonchev–Trinajstić information content (AvgIpc) is 2.78. The molecule has 2 atom stereocenters. The van der Waals surface area contributed by atoms with Gasteiger partial charge in [-0.15, -0.1) is 0 Å². The van der Waals surface area contributed by atoms with Crippen molar-refractivity contribution >= 4 is 29.6 Å². The zero-order valence-electron chi connectivity index (χ0n) is 19.4. The van der Waals surface area contributed by atoms with E-state index < -0.39 is 12.2 Å². The van der Waals surface area contributed by atoms with Gasteiger partial charge in [-0.25, -0.2) is 14.8 Å². The molecular formula is C23H32N6O3S. The Morgan fingerprint density at radius 2 is 2.00 bits per heavy atom. The molecule has 0 bridgehead atoms. The van der Waals surface area contributed by atoms with Crippen molar-refractivity contribution in [1.29, 1.82) is 5.26 Å².